The molecule has 0 N–H and O–H groups in total. The molecule has 1 aliphatic rings. The fourth-order valence-corrected chi connectivity index (χ4v) is 3.18. The lowest BCUT2D eigenvalue weighted by Crippen LogP contribution is -1.96. The molecule has 0 aromatic heterocycles. The van der Waals surface area contributed by atoms with Gasteiger partial charge in [0.2, 0.25) is 0 Å². The molecule has 3 heteroatoms. The van der Waals surface area contributed by atoms with Gasteiger partial charge in [0.15, 0.2) is 0 Å². The van der Waals surface area contributed by atoms with E-state index in [2.05, 4.69) is 23.9 Å². The van der Waals surface area contributed by atoms with Crippen LogP contribution in [0.25, 0.3) is 0 Å². The summed E-state index contributed by atoms with van der Waals surface area (Å²) in [4.78, 5) is 0. The Morgan fingerprint density at radius 1 is 1.47 bits per heavy atom. The van der Waals surface area contributed by atoms with Crippen LogP contribution in [0.15, 0.2) is 36.4 Å². The summed E-state index contributed by atoms with van der Waals surface area (Å²) in [5.74, 6) is 2.16. The van der Waals surface area contributed by atoms with E-state index < -0.39 is 0 Å². The largest absolute Gasteiger partial charge is 0.493 e. The molecule has 1 aromatic carbocycles. The zero-order chi connectivity index (χ0) is 11.9. The van der Waals surface area contributed by atoms with Crippen molar-refractivity contribution >= 4 is 23.4 Å². The van der Waals surface area contributed by atoms with E-state index in [0.29, 0.717) is 6.61 Å². The molecule has 92 valence electrons. The Labute approximate surface area is 112 Å². The highest BCUT2D eigenvalue weighted by Gasteiger charge is 2.11. The topological polar surface area (TPSA) is 9.23 Å². The second kappa shape index (κ2) is 6.97. The Hall–Kier alpha value is -0.600. The Morgan fingerprint density at radius 2 is 2.41 bits per heavy atom. The van der Waals surface area contributed by atoms with E-state index >= 15 is 0 Å². The number of hydrogen-bond donors (Lipinski definition) is 0. The van der Waals surface area contributed by atoms with Crippen molar-refractivity contribution in [3.63, 3.8) is 0 Å². The Balaban J connectivity index is 1.65. The molecule has 2 rings (SSSR count). The summed E-state index contributed by atoms with van der Waals surface area (Å²) in [5, 5.41) is 1.46. The van der Waals surface area contributed by atoms with Crippen LogP contribution in [-0.2, 0) is 0 Å². The summed E-state index contributed by atoms with van der Waals surface area (Å²) >= 11 is 7.93. The molecular formula is C14H17ClOS. The lowest BCUT2D eigenvalue weighted by molar-refractivity contribution is 0.325. The molecule has 17 heavy (non-hydrogen) atoms. The van der Waals surface area contributed by atoms with Crippen LogP contribution in [0.1, 0.15) is 19.3 Å². The molecule has 1 aliphatic heterocycles. The second-order valence-corrected chi connectivity index (χ2v) is 5.86. The minimum Gasteiger partial charge on any atom is -0.493 e. The van der Waals surface area contributed by atoms with Gasteiger partial charge < -0.3 is 4.74 Å². The molecule has 0 amide bonds. The van der Waals surface area contributed by atoms with Crippen molar-refractivity contribution in [2.24, 2.45) is 0 Å². The normalized spacial score (nSPS) is 19.9. The average Bonchev–Trinajstić information content (AvgIpc) is 2.82. The Bertz CT molecular complexity index is 372. The molecule has 0 bridgehead atoms. The highest BCUT2D eigenvalue weighted by atomic mass is 35.5. The first kappa shape index (κ1) is 12.8. The van der Waals surface area contributed by atoms with Crippen LogP contribution in [0.4, 0.5) is 0 Å². The van der Waals surface area contributed by atoms with Crippen molar-refractivity contribution in [3.05, 3.63) is 41.4 Å². The number of rotatable bonds is 5. The minimum absolute atomic E-state index is 0.716. The third kappa shape index (κ3) is 4.64. The standard InChI is InChI=1S/C14H17ClOS/c15-12-5-3-6-13(11-12)16-9-2-1-7-14-8-4-10-17-14/h1,3,5-7,11,14H,2,4,8-10H2/b7-1+. The van der Waals surface area contributed by atoms with E-state index in [1.54, 1.807) is 0 Å². The molecule has 1 saturated heterocycles. The van der Waals surface area contributed by atoms with Crippen molar-refractivity contribution < 1.29 is 4.74 Å². The predicted molar refractivity (Wildman–Crippen MR) is 76.2 cm³/mol. The average molecular weight is 269 g/mol. The van der Waals surface area contributed by atoms with Gasteiger partial charge in [-0.1, -0.05) is 29.8 Å². The highest BCUT2D eigenvalue weighted by Crippen LogP contribution is 2.27. The molecule has 1 fully saturated rings. The molecule has 1 heterocycles. The Kier molecular flexibility index (Phi) is 5.27. The smallest absolute Gasteiger partial charge is 0.120 e. The Morgan fingerprint density at radius 3 is 3.18 bits per heavy atom. The molecule has 0 spiro atoms. The van der Waals surface area contributed by atoms with E-state index in [1.165, 1.54) is 18.6 Å². The molecule has 0 radical (unpaired) electrons. The van der Waals surface area contributed by atoms with Crippen LogP contribution in [-0.4, -0.2) is 17.6 Å². The summed E-state index contributed by atoms with van der Waals surface area (Å²) in [6, 6.07) is 7.54. The van der Waals surface area contributed by atoms with Crippen LogP contribution in [0.2, 0.25) is 5.02 Å². The van der Waals surface area contributed by atoms with Gasteiger partial charge in [0.05, 0.1) is 6.61 Å². The van der Waals surface area contributed by atoms with Crippen LogP contribution >= 0.6 is 23.4 Å². The lowest BCUT2D eigenvalue weighted by atomic mass is 10.2. The first-order valence-electron chi connectivity index (χ1n) is 6.01. The van der Waals surface area contributed by atoms with Crippen LogP contribution in [0, 0.1) is 0 Å². The van der Waals surface area contributed by atoms with Crippen molar-refractivity contribution in [2.75, 3.05) is 12.4 Å². The number of benzene rings is 1. The third-order valence-corrected chi connectivity index (χ3v) is 4.25. The van der Waals surface area contributed by atoms with Gasteiger partial charge in [-0.15, -0.1) is 0 Å². The summed E-state index contributed by atoms with van der Waals surface area (Å²) in [6.45, 7) is 0.716. The number of thioether (sulfide) groups is 1. The van der Waals surface area contributed by atoms with E-state index in [0.717, 1.165) is 22.4 Å². The zero-order valence-corrected chi connectivity index (χ0v) is 11.3. The first-order valence-corrected chi connectivity index (χ1v) is 7.44. The lowest BCUT2D eigenvalue weighted by Gasteiger charge is -2.04. The summed E-state index contributed by atoms with van der Waals surface area (Å²) < 4.78 is 5.61. The van der Waals surface area contributed by atoms with Crippen molar-refractivity contribution in [1.29, 1.82) is 0 Å². The maximum absolute atomic E-state index is 5.87. The highest BCUT2D eigenvalue weighted by molar-refractivity contribution is 8.00. The zero-order valence-electron chi connectivity index (χ0n) is 9.77. The van der Waals surface area contributed by atoms with E-state index in [9.17, 15) is 0 Å². The number of halogens is 1. The molecule has 1 nitrogen and oxygen atoms in total. The van der Waals surface area contributed by atoms with E-state index in [1.807, 2.05) is 24.3 Å². The molecule has 1 unspecified atom stereocenters. The van der Waals surface area contributed by atoms with Crippen molar-refractivity contribution in [3.8, 4) is 5.75 Å². The quantitative estimate of drug-likeness (QED) is 0.572. The van der Waals surface area contributed by atoms with Gasteiger partial charge in [-0.05, 0) is 43.2 Å². The summed E-state index contributed by atoms with van der Waals surface area (Å²) in [7, 11) is 0. The monoisotopic (exact) mass is 268 g/mol. The van der Waals surface area contributed by atoms with Gasteiger partial charge in [0.1, 0.15) is 5.75 Å². The summed E-state index contributed by atoms with van der Waals surface area (Å²) in [6.07, 6.45) is 8.20. The van der Waals surface area contributed by atoms with Gasteiger partial charge in [-0.3, -0.25) is 0 Å². The first-order chi connectivity index (χ1) is 8.34. The molecule has 0 saturated carbocycles. The number of hydrogen-bond acceptors (Lipinski definition) is 2. The van der Waals surface area contributed by atoms with Crippen molar-refractivity contribution in [2.45, 2.75) is 24.5 Å². The maximum Gasteiger partial charge on any atom is 0.120 e. The predicted octanol–water partition coefficient (Wildman–Crippen LogP) is 4.56. The molecule has 1 atom stereocenters. The summed E-state index contributed by atoms with van der Waals surface area (Å²) in [5.41, 5.74) is 0. The van der Waals surface area contributed by atoms with E-state index in [-0.39, 0.29) is 0 Å². The van der Waals surface area contributed by atoms with Crippen LogP contribution in [0.5, 0.6) is 5.75 Å². The van der Waals surface area contributed by atoms with Gasteiger partial charge in [-0.2, -0.15) is 11.8 Å². The van der Waals surface area contributed by atoms with Crippen LogP contribution in [0.3, 0.4) is 0 Å². The second-order valence-electron chi connectivity index (χ2n) is 4.07. The molecule has 1 aromatic rings. The van der Waals surface area contributed by atoms with Gasteiger partial charge in [0, 0.05) is 10.3 Å². The number of ether oxygens (including phenoxy) is 1. The van der Waals surface area contributed by atoms with Gasteiger partial charge in [-0.25, -0.2) is 0 Å². The van der Waals surface area contributed by atoms with E-state index in [4.69, 9.17) is 16.3 Å². The van der Waals surface area contributed by atoms with Crippen molar-refractivity contribution in [1.82, 2.24) is 0 Å². The fourth-order valence-electron chi connectivity index (χ4n) is 1.80. The van der Waals surface area contributed by atoms with Gasteiger partial charge in [0.25, 0.3) is 0 Å². The van der Waals surface area contributed by atoms with Gasteiger partial charge >= 0.3 is 0 Å². The van der Waals surface area contributed by atoms with Crippen LogP contribution < -0.4 is 4.74 Å². The molecule has 0 aliphatic carbocycles. The minimum atomic E-state index is 0.716. The third-order valence-electron chi connectivity index (χ3n) is 2.66. The molecular weight excluding hydrogens is 252 g/mol. The SMILES string of the molecule is Clc1cccc(OCC/C=C/C2CCCS2)c1. The fraction of sp³-hybridized carbons (Fsp3) is 0.429. The maximum atomic E-state index is 5.87.